The Morgan fingerprint density at radius 1 is 1.09 bits per heavy atom. The van der Waals surface area contributed by atoms with Crippen LogP contribution in [0.3, 0.4) is 0 Å². The number of carbonyl (C=O) groups excluding carboxylic acids is 2. The number of likely N-dealkylation sites (tertiary alicyclic amines) is 3. The zero-order chi connectivity index (χ0) is 24.7. The van der Waals surface area contributed by atoms with Gasteiger partial charge >= 0.3 is 0 Å². The van der Waals surface area contributed by atoms with Gasteiger partial charge in [0, 0.05) is 25.7 Å². The van der Waals surface area contributed by atoms with Gasteiger partial charge in [-0.05, 0) is 54.7 Å². The SMILES string of the molecule is N#C[C@@H]1CCCN1C(=O)[C@@H](N)CN1CC2C[C@H]1C(=O)N2C(c1ccc(F)cc1)c1ccc(F)cc1. The molecule has 2 N–H and O–H groups in total. The van der Waals surface area contributed by atoms with Gasteiger partial charge in [-0.1, -0.05) is 24.3 Å². The Morgan fingerprint density at radius 3 is 2.23 bits per heavy atom. The van der Waals surface area contributed by atoms with Crippen LogP contribution in [-0.2, 0) is 9.59 Å². The van der Waals surface area contributed by atoms with E-state index in [-0.39, 0.29) is 36.0 Å². The van der Waals surface area contributed by atoms with Crippen molar-refractivity contribution in [3.05, 3.63) is 71.3 Å². The average molecular weight is 480 g/mol. The number of amides is 2. The summed E-state index contributed by atoms with van der Waals surface area (Å²) in [5.74, 6) is -1.09. The number of fused-ring (bicyclic) bond motifs is 2. The smallest absolute Gasteiger partial charge is 0.241 e. The molecule has 0 aliphatic carbocycles. The first-order chi connectivity index (χ1) is 16.9. The van der Waals surface area contributed by atoms with Crippen LogP contribution in [-0.4, -0.2) is 70.3 Å². The fourth-order valence-electron chi connectivity index (χ4n) is 5.74. The van der Waals surface area contributed by atoms with E-state index < -0.39 is 24.2 Å². The van der Waals surface area contributed by atoms with Crippen LogP contribution >= 0.6 is 0 Å². The van der Waals surface area contributed by atoms with Crippen LogP contribution in [0.5, 0.6) is 0 Å². The Hall–Kier alpha value is -3.35. The lowest BCUT2D eigenvalue weighted by Crippen LogP contribution is -2.57. The first-order valence-electron chi connectivity index (χ1n) is 11.9. The first kappa shape index (κ1) is 23.4. The number of benzene rings is 2. The van der Waals surface area contributed by atoms with Gasteiger partial charge in [0.25, 0.3) is 0 Å². The summed E-state index contributed by atoms with van der Waals surface area (Å²) >= 11 is 0. The van der Waals surface area contributed by atoms with Crippen LogP contribution in [0.4, 0.5) is 8.78 Å². The Bertz CT molecular complexity index is 1100. The van der Waals surface area contributed by atoms with Crippen LogP contribution in [0.2, 0.25) is 0 Å². The van der Waals surface area contributed by atoms with E-state index >= 15 is 0 Å². The molecule has 0 aromatic heterocycles. The maximum absolute atomic E-state index is 13.6. The number of carbonyl (C=O) groups is 2. The number of hydrogen-bond donors (Lipinski definition) is 1. The van der Waals surface area contributed by atoms with Crippen LogP contribution in [0.25, 0.3) is 0 Å². The van der Waals surface area contributed by atoms with Crippen molar-refractivity contribution in [3.8, 4) is 6.07 Å². The highest BCUT2D eigenvalue weighted by Crippen LogP contribution is 2.41. The molecule has 3 fully saturated rings. The van der Waals surface area contributed by atoms with Gasteiger partial charge in [-0.25, -0.2) is 8.78 Å². The summed E-state index contributed by atoms with van der Waals surface area (Å²) < 4.78 is 27.2. The van der Waals surface area contributed by atoms with Crippen molar-refractivity contribution in [3.63, 3.8) is 0 Å². The molecule has 2 bridgehead atoms. The highest BCUT2D eigenvalue weighted by atomic mass is 19.1. The molecule has 7 nitrogen and oxygen atoms in total. The number of nitrogens with two attached hydrogens (primary N) is 1. The number of halogens is 2. The highest BCUT2D eigenvalue weighted by Gasteiger charge is 2.52. The van der Waals surface area contributed by atoms with Gasteiger partial charge in [0.05, 0.1) is 24.2 Å². The molecular weight excluding hydrogens is 452 g/mol. The Balaban J connectivity index is 1.34. The Labute approximate surface area is 202 Å². The molecule has 0 radical (unpaired) electrons. The fourth-order valence-corrected chi connectivity index (χ4v) is 5.74. The van der Waals surface area contributed by atoms with Crippen molar-refractivity contribution < 1.29 is 18.4 Å². The average Bonchev–Trinajstić information content (AvgIpc) is 3.57. The molecule has 1 unspecified atom stereocenters. The van der Waals surface area contributed by atoms with E-state index in [9.17, 15) is 23.6 Å². The van der Waals surface area contributed by atoms with E-state index in [4.69, 9.17) is 5.73 Å². The molecule has 2 aromatic rings. The molecule has 4 atom stereocenters. The standard InChI is InChI=1S/C26H27F2N5O2/c27-18-7-3-16(4-8-18)24(17-5-9-19(28)10-6-17)33-21-12-23(26(33)35)31(14-21)15-22(30)25(34)32-11-1-2-20(32)13-29/h3-10,20-24H,1-2,11-12,14-15,30H2/t20-,21?,22-,23-/m0/s1. The third kappa shape index (κ3) is 4.28. The summed E-state index contributed by atoms with van der Waals surface area (Å²) in [6, 6.07) is 11.9. The first-order valence-corrected chi connectivity index (χ1v) is 11.9. The van der Waals surface area contributed by atoms with Crippen molar-refractivity contribution in [1.29, 1.82) is 5.26 Å². The molecule has 3 saturated heterocycles. The van der Waals surface area contributed by atoms with E-state index in [0.717, 1.165) is 17.5 Å². The van der Waals surface area contributed by atoms with Crippen LogP contribution in [0, 0.1) is 23.0 Å². The zero-order valence-corrected chi connectivity index (χ0v) is 19.2. The molecule has 9 heteroatoms. The number of nitriles is 1. The second kappa shape index (κ2) is 9.36. The predicted molar refractivity (Wildman–Crippen MR) is 124 cm³/mol. The summed E-state index contributed by atoms with van der Waals surface area (Å²) in [6.45, 7) is 1.32. The minimum absolute atomic E-state index is 0.0874. The van der Waals surface area contributed by atoms with Crippen molar-refractivity contribution >= 4 is 11.8 Å². The molecule has 0 spiro atoms. The quantitative estimate of drug-likeness (QED) is 0.686. The van der Waals surface area contributed by atoms with Gasteiger partial charge in [0.15, 0.2) is 0 Å². The van der Waals surface area contributed by atoms with Crippen LogP contribution in [0.15, 0.2) is 48.5 Å². The van der Waals surface area contributed by atoms with Gasteiger partial charge < -0.3 is 15.5 Å². The van der Waals surface area contributed by atoms with E-state index in [2.05, 4.69) is 6.07 Å². The maximum atomic E-state index is 13.6. The summed E-state index contributed by atoms with van der Waals surface area (Å²) in [7, 11) is 0. The molecule has 35 heavy (non-hydrogen) atoms. The summed E-state index contributed by atoms with van der Waals surface area (Å²) in [4.78, 5) is 31.7. The van der Waals surface area contributed by atoms with E-state index in [1.165, 1.54) is 24.3 Å². The molecule has 0 saturated carbocycles. The van der Waals surface area contributed by atoms with Gasteiger partial charge in [-0.2, -0.15) is 5.26 Å². The number of piperazine rings is 1. The van der Waals surface area contributed by atoms with Crippen molar-refractivity contribution in [2.45, 2.75) is 49.5 Å². The lowest BCUT2D eigenvalue weighted by molar-refractivity contribution is -0.140. The van der Waals surface area contributed by atoms with Crippen molar-refractivity contribution in [1.82, 2.24) is 14.7 Å². The van der Waals surface area contributed by atoms with E-state index in [0.29, 0.717) is 25.9 Å². The van der Waals surface area contributed by atoms with Crippen molar-refractivity contribution in [2.24, 2.45) is 5.73 Å². The topological polar surface area (TPSA) is 93.7 Å². The number of rotatable bonds is 6. The molecule has 3 aliphatic heterocycles. The summed E-state index contributed by atoms with van der Waals surface area (Å²) in [5, 5.41) is 9.28. The van der Waals surface area contributed by atoms with Gasteiger partial charge in [0.1, 0.15) is 17.7 Å². The lowest BCUT2D eigenvalue weighted by Gasteiger charge is -2.40. The lowest BCUT2D eigenvalue weighted by atomic mass is 9.96. The normalized spacial score (nSPS) is 24.9. The fraction of sp³-hybridized carbons (Fsp3) is 0.423. The summed E-state index contributed by atoms with van der Waals surface area (Å²) in [5.41, 5.74) is 7.73. The largest absolute Gasteiger partial charge is 0.326 e. The van der Waals surface area contributed by atoms with Gasteiger partial charge in [-0.15, -0.1) is 0 Å². The third-order valence-electron chi connectivity index (χ3n) is 7.40. The zero-order valence-electron chi connectivity index (χ0n) is 19.2. The Kier molecular flexibility index (Phi) is 6.26. The third-order valence-corrected chi connectivity index (χ3v) is 7.40. The van der Waals surface area contributed by atoms with Gasteiger partial charge in [0.2, 0.25) is 11.8 Å². The molecular formula is C26H27F2N5O2. The minimum atomic E-state index is -0.811. The summed E-state index contributed by atoms with van der Waals surface area (Å²) in [6.07, 6.45) is 2.04. The predicted octanol–water partition coefficient (Wildman–Crippen LogP) is 2.18. The monoisotopic (exact) mass is 479 g/mol. The minimum Gasteiger partial charge on any atom is -0.326 e. The molecule has 2 amide bonds. The maximum Gasteiger partial charge on any atom is 0.241 e. The van der Waals surface area contributed by atoms with Crippen LogP contribution in [0.1, 0.15) is 36.4 Å². The second-order valence-electron chi connectivity index (χ2n) is 9.54. The van der Waals surface area contributed by atoms with Crippen molar-refractivity contribution in [2.75, 3.05) is 19.6 Å². The Morgan fingerprint density at radius 2 is 1.69 bits per heavy atom. The van der Waals surface area contributed by atoms with Crippen LogP contribution < -0.4 is 5.73 Å². The second-order valence-corrected chi connectivity index (χ2v) is 9.54. The van der Waals surface area contributed by atoms with E-state index in [1.807, 2.05) is 4.90 Å². The molecule has 5 rings (SSSR count). The molecule has 3 aliphatic rings. The molecule has 2 aromatic carbocycles. The highest BCUT2D eigenvalue weighted by molar-refractivity contribution is 5.87. The molecule has 3 heterocycles. The van der Waals surface area contributed by atoms with Gasteiger partial charge in [-0.3, -0.25) is 14.5 Å². The number of nitrogens with zero attached hydrogens (tertiary/aromatic N) is 4. The number of hydrogen-bond acceptors (Lipinski definition) is 5. The molecule has 182 valence electrons. The van der Waals surface area contributed by atoms with E-state index in [1.54, 1.807) is 34.1 Å².